The third-order valence-corrected chi connectivity index (χ3v) is 4.29. The van der Waals surface area contributed by atoms with Gasteiger partial charge in [0.15, 0.2) is 0 Å². The summed E-state index contributed by atoms with van der Waals surface area (Å²) < 4.78 is 5.17. The highest BCUT2D eigenvalue weighted by Crippen LogP contribution is 2.57. The fourth-order valence-corrected chi connectivity index (χ4v) is 4.34. The molecule has 4 heteroatoms. The van der Waals surface area contributed by atoms with Gasteiger partial charge in [0.1, 0.15) is 5.60 Å². The molecule has 15 heavy (non-hydrogen) atoms. The van der Waals surface area contributed by atoms with Crippen LogP contribution in [0, 0.1) is 17.8 Å². The molecule has 0 aromatic rings. The van der Waals surface area contributed by atoms with Gasteiger partial charge in [-0.15, -0.1) is 0 Å². The number of rotatable bonds is 1. The Balaban J connectivity index is 0.000000853. The average Bonchev–Trinajstić information content (AvgIpc) is 1.96. The lowest BCUT2D eigenvalue weighted by Gasteiger charge is -2.55. The SMILES string of the molecule is N.O=C(O)OC12CC3CC(CC(C3)C1)C2. The zero-order chi connectivity index (χ0) is 9.76. The van der Waals surface area contributed by atoms with Crippen LogP contribution in [0.25, 0.3) is 0 Å². The second kappa shape index (κ2) is 3.37. The van der Waals surface area contributed by atoms with Crippen LogP contribution in [0.2, 0.25) is 0 Å². The van der Waals surface area contributed by atoms with E-state index in [1.165, 1.54) is 19.3 Å². The van der Waals surface area contributed by atoms with Gasteiger partial charge in [-0.05, 0) is 56.3 Å². The number of carbonyl (C=O) groups is 1. The summed E-state index contributed by atoms with van der Waals surface area (Å²) in [4.78, 5) is 10.7. The Hall–Kier alpha value is -0.770. The lowest BCUT2D eigenvalue weighted by molar-refractivity contribution is -0.137. The summed E-state index contributed by atoms with van der Waals surface area (Å²) in [6.45, 7) is 0. The van der Waals surface area contributed by atoms with E-state index in [9.17, 15) is 4.79 Å². The highest BCUT2D eigenvalue weighted by molar-refractivity contribution is 5.57. The first-order valence-corrected chi connectivity index (χ1v) is 5.57. The van der Waals surface area contributed by atoms with Crippen LogP contribution in [0.15, 0.2) is 0 Å². The van der Waals surface area contributed by atoms with E-state index in [0.29, 0.717) is 0 Å². The predicted octanol–water partition coefficient (Wildman–Crippen LogP) is 2.81. The number of hydrogen-bond donors (Lipinski definition) is 2. The molecule has 0 aliphatic heterocycles. The van der Waals surface area contributed by atoms with E-state index in [2.05, 4.69) is 0 Å². The van der Waals surface area contributed by atoms with E-state index in [4.69, 9.17) is 9.84 Å². The van der Waals surface area contributed by atoms with Crippen molar-refractivity contribution >= 4 is 6.16 Å². The molecule has 0 aromatic carbocycles. The molecule has 0 heterocycles. The molecule has 0 radical (unpaired) electrons. The normalized spacial score (nSPS) is 46.0. The van der Waals surface area contributed by atoms with Gasteiger partial charge in [0.05, 0.1) is 0 Å². The zero-order valence-corrected chi connectivity index (χ0v) is 8.95. The third kappa shape index (κ3) is 1.71. The van der Waals surface area contributed by atoms with Gasteiger partial charge in [-0.2, -0.15) is 0 Å². The van der Waals surface area contributed by atoms with Crippen molar-refractivity contribution in [2.24, 2.45) is 17.8 Å². The minimum atomic E-state index is -1.08. The molecule has 0 unspecified atom stereocenters. The Morgan fingerprint density at radius 2 is 1.47 bits per heavy atom. The molecule has 0 amide bonds. The lowest BCUT2D eigenvalue weighted by atomic mass is 9.54. The van der Waals surface area contributed by atoms with Gasteiger partial charge in [0, 0.05) is 0 Å². The van der Waals surface area contributed by atoms with Gasteiger partial charge in [-0.1, -0.05) is 0 Å². The molecule has 4 bridgehead atoms. The van der Waals surface area contributed by atoms with Crippen molar-refractivity contribution < 1.29 is 14.6 Å². The lowest BCUT2D eigenvalue weighted by Crippen LogP contribution is -2.52. The van der Waals surface area contributed by atoms with E-state index in [1.54, 1.807) is 0 Å². The molecule has 4 aliphatic rings. The van der Waals surface area contributed by atoms with Gasteiger partial charge >= 0.3 is 6.16 Å². The maximum Gasteiger partial charge on any atom is 0.506 e. The minimum Gasteiger partial charge on any atom is -0.450 e. The van der Waals surface area contributed by atoms with Crippen LogP contribution in [0.1, 0.15) is 38.5 Å². The molecule has 0 atom stereocenters. The number of ether oxygens (including phenoxy) is 1. The second-order valence-corrected chi connectivity index (χ2v) is 5.47. The quantitative estimate of drug-likeness (QED) is 0.656. The van der Waals surface area contributed by atoms with Crippen molar-refractivity contribution in [1.29, 1.82) is 0 Å². The molecule has 86 valence electrons. The Kier molecular flexibility index (Phi) is 2.41. The van der Waals surface area contributed by atoms with Gasteiger partial charge in [-0.3, -0.25) is 0 Å². The first-order chi connectivity index (χ1) is 6.65. The number of hydrogen-bond acceptors (Lipinski definition) is 3. The van der Waals surface area contributed by atoms with Crippen molar-refractivity contribution in [3.05, 3.63) is 0 Å². The summed E-state index contributed by atoms with van der Waals surface area (Å²) >= 11 is 0. The van der Waals surface area contributed by atoms with E-state index < -0.39 is 6.16 Å². The van der Waals surface area contributed by atoms with E-state index in [-0.39, 0.29) is 11.8 Å². The van der Waals surface area contributed by atoms with Crippen molar-refractivity contribution in [3.63, 3.8) is 0 Å². The Bertz CT molecular complexity index is 242. The van der Waals surface area contributed by atoms with E-state index >= 15 is 0 Å². The van der Waals surface area contributed by atoms with Crippen LogP contribution in [-0.4, -0.2) is 16.9 Å². The fourth-order valence-electron chi connectivity index (χ4n) is 4.34. The van der Waals surface area contributed by atoms with Crippen molar-refractivity contribution in [2.75, 3.05) is 0 Å². The van der Waals surface area contributed by atoms with E-state index in [0.717, 1.165) is 37.0 Å². The van der Waals surface area contributed by atoms with Crippen LogP contribution in [0.3, 0.4) is 0 Å². The smallest absolute Gasteiger partial charge is 0.450 e. The van der Waals surface area contributed by atoms with Gasteiger partial charge in [-0.25, -0.2) is 4.79 Å². The Morgan fingerprint density at radius 3 is 1.80 bits per heavy atom. The van der Waals surface area contributed by atoms with Gasteiger partial charge < -0.3 is 16.0 Å². The summed E-state index contributed by atoms with van der Waals surface area (Å²) in [6.07, 6.45) is 5.86. The van der Waals surface area contributed by atoms with Crippen molar-refractivity contribution in [1.82, 2.24) is 6.15 Å². The standard InChI is InChI=1S/C11H16O3.H3N/c12-10(13)14-11-4-7-1-8(5-11)3-9(2-7)6-11;/h7-9H,1-6H2,(H,12,13);1H3. The average molecular weight is 213 g/mol. The summed E-state index contributed by atoms with van der Waals surface area (Å²) in [5.41, 5.74) is -0.277. The third-order valence-electron chi connectivity index (χ3n) is 4.29. The monoisotopic (exact) mass is 213 g/mol. The topological polar surface area (TPSA) is 81.5 Å². The molecule has 0 spiro atoms. The zero-order valence-electron chi connectivity index (χ0n) is 8.95. The molecule has 4 nitrogen and oxygen atoms in total. The predicted molar refractivity (Wildman–Crippen MR) is 55.0 cm³/mol. The maximum atomic E-state index is 10.7. The van der Waals surface area contributed by atoms with Crippen LogP contribution >= 0.6 is 0 Å². The highest BCUT2D eigenvalue weighted by Gasteiger charge is 2.53. The molecule has 4 aliphatic carbocycles. The summed E-state index contributed by atoms with van der Waals surface area (Å²) in [6, 6.07) is 0. The summed E-state index contributed by atoms with van der Waals surface area (Å²) in [7, 11) is 0. The second-order valence-electron chi connectivity index (χ2n) is 5.47. The molecule has 4 fully saturated rings. The Labute approximate surface area is 89.6 Å². The minimum absolute atomic E-state index is 0. The molecule has 4 rings (SSSR count). The largest absolute Gasteiger partial charge is 0.506 e. The number of carboxylic acid groups (broad SMARTS) is 1. The fraction of sp³-hybridized carbons (Fsp3) is 0.909. The van der Waals surface area contributed by atoms with Gasteiger partial charge in [0.2, 0.25) is 0 Å². The first kappa shape index (κ1) is 10.7. The first-order valence-electron chi connectivity index (χ1n) is 5.57. The van der Waals surface area contributed by atoms with Crippen LogP contribution in [0.5, 0.6) is 0 Å². The van der Waals surface area contributed by atoms with Crippen LogP contribution in [0.4, 0.5) is 4.79 Å². The summed E-state index contributed by atoms with van der Waals surface area (Å²) in [5.74, 6) is 2.25. The maximum absolute atomic E-state index is 10.7. The summed E-state index contributed by atoms with van der Waals surface area (Å²) in [5, 5.41) is 8.75. The molecular formula is C11H19NO3. The van der Waals surface area contributed by atoms with Crippen molar-refractivity contribution in [2.45, 2.75) is 44.1 Å². The van der Waals surface area contributed by atoms with Gasteiger partial charge in [0.25, 0.3) is 0 Å². The molecule has 4 N–H and O–H groups in total. The van der Waals surface area contributed by atoms with E-state index in [1.807, 2.05) is 0 Å². The molecule has 0 saturated heterocycles. The Morgan fingerprint density at radius 1 is 1.07 bits per heavy atom. The molecular weight excluding hydrogens is 194 g/mol. The van der Waals surface area contributed by atoms with Crippen molar-refractivity contribution in [3.8, 4) is 0 Å². The van der Waals surface area contributed by atoms with Crippen LogP contribution < -0.4 is 6.15 Å². The molecule has 4 saturated carbocycles. The molecule has 0 aromatic heterocycles. The van der Waals surface area contributed by atoms with Crippen LogP contribution in [-0.2, 0) is 4.74 Å². The highest BCUT2D eigenvalue weighted by atomic mass is 16.7.